The summed E-state index contributed by atoms with van der Waals surface area (Å²) >= 11 is 1.26. The minimum atomic E-state index is -0.301. The summed E-state index contributed by atoms with van der Waals surface area (Å²) in [6.07, 6.45) is 3.32. The summed E-state index contributed by atoms with van der Waals surface area (Å²) < 4.78 is 5.14. The van der Waals surface area contributed by atoms with E-state index in [1.165, 1.54) is 17.6 Å². The molecule has 8 nitrogen and oxygen atoms in total. The molecule has 0 bridgehead atoms. The summed E-state index contributed by atoms with van der Waals surface area (Å²) in [4.78, 5) is 42.6. The van der Waals surface area contributed by atoms with Crippen molar-refractivity contribution < 1.29 is 18.8 Å². The second-order valence-electron chi connectivity index (χ2n) is 7.33. The van der Waals surface area contributed by atoms with Gasteiger partial charge >= 0.3 is 0 Å². The maximum atomic E-state index is 12.5. The Bertz CT molecular complexity index is 1150. The van der Waals surface area contributed by atoms with Crippen molar-refractivity contribution in [1.82, 2.24) is 4.98 Å². The Kier molecular flexibility index (Phi) is 5.85. The summed E-state index contributed by atoms with van der Waals surface area (Å²) in [6, 6.07) is 7.20. The fourth-order valence-corrected chi connectivity index (χ4v) is 4.31. The molecular weight excluding hydrogens is 416 g/mol. The molecule has 0 atom stereocenters. The summed E-state index contributed by atoms with van der Waals surface area (Å²) in [5.41, 5.74) is 3.66. The molecule has 4 rings (SSSR count). The number of nitrogens with zero attached hydrogens (tertiary/aromatic N) is 2. The zero-order chi connectivity index (χ0) is 22.0. The number of carbonyl (C=O) groups excluding carboxylic acids is 3. The van der Waals surface area contributed by atoms with Gasteiger partial charge in [0.05, 0.1) is 23.9 Å². The van der Waals surface area contributed by atoms with Crippen molar-refractivity contribution in [3.8, 4) is 0 Å². The van der Waals surface area contributed by atoms with Crippen molar-refractivity contribution >= 4 is 45.6 Å². The summed E-state index contributed by atoms with van der Waals surface area (Å²) in [6.45, 7) is 3.99. The van der Waals surface area contributed by atoms with Crippen molar-refractivity contribution in [2.45, 2.75) is 33.1 Å². The predicted molar refractivity (Wildman–Crippen MR) is 119 cm³/mol. The Morgan fingerprint density at radius 1 is 1.23 bits per heavy atom. The lowest BCUT2D eigenvalue weighted by Crippen LogP contribution is -2.33. The maximum Gasteiger partial charge on any atom is 0.260 e. The molecule has 0 unspecified atom stereocenters. The molecule has 0 radical (unpaired) electrons. The molecule has 2 aromatic heterocycles. The standard InChI is InChI=1S/C22H22N4O4S/c1-13-18(7-9-30-13)21(29)25-22-24-17(12-31-22)11-20(28)23-16-5-6-19-15(10-16)4-3-8-26(19)14(2)27/h5-7,9-10,12H,3-4,8,11H2,1-2H3,(H,23,28)(H,24,25,29). The van der Waals surface area contributed by atoms with Gasteiger partial charge in [0.2, 0.25) is 11.8 Å². The lowest BCUT2D eigenvalue weighted by Gasteiger charge is -2.28. The number of nitrogens with one attached hydrogen (secondary N) is 2. The molecule has 1 aliphatic heterocycles. The van der Waals surface area contributed by atoms with Gasteiger partial charge in [-0.1, -0.05) is 0 Å². The van der Waals surface area contributed by atoms with E-state index in [0.29, 0.717) is 27.8 Å². The highest BCUT2D eigenvalue weighted by Gasteiger charge is 2.20. The quantitative estimate of drug-likeness (QED) is 0.631. The van der Waals surface area contributed by atoms with E-state index < -0.39 is 0 Å². The van der Waals surface area contributed by atoms with Crippen LogP contribution < -0.4 is 15.5 Å². The number of aryl methyl sites for hydroxylation is 2. The molecule has 9 heteroatoms. The van der Waals surface area contributed by atoms with E-state index in [1.54, 1.807) is 36.3 Å². The summed E-state index contributed by atoms with van der Waals surface area (Å²) in [5, 5.41) is 7.78. The average Bonchev–Trinajstić information content (AvgIpc) is 3.35. The highest BCUT2D eigenvalue weighted by Crippen LogP contribution is 2.30. The van der Waals surface area contributed by atoms with Crippen LogP contribution in [0.2, 0.25) is 0 Å². The van der Waals surface area contributed by atoms with E-state index in [0.717, 1.165) is 30.6 Å². The Morgan fingerprint density at radius 3 is 2.81 bits per heavy atom. The minimum Gasteiger partial charge on any atom is -0.469 e. The normalized spacial score (nSPS) is 12.9. The zero-order valence-electron chi connectivity index (χ0n) is 17.2. The first-order chi connectivity index (χ1) is 14.9. The van der Waals surface area contributed by atoms with Gasteiger partial charge in [-0.05, 0) is 49.6 Å². The largest absolute Gasteiger partial charge is 0.469 e. The monoisotopic (exact) mass is 438 g/mol. The number of anilines is 3. The molecule has 3 aromatic rings. The zero-order valence-corrected chi connectivity index (χ0v) is 18.0. The van der Waals surface area contributed by atoms with E-state index in [2.05, 4.69) is 15.6 Å². The van der Waals surface area contributed by atoms with Crippen LogP contribution in [0.5, 0.6) is 0 Å². The van der Waals surface area contributed by atoms with E-state index in [9.17, 15) is 14.4 Å². The molecular formula is C22H22N4O4S. The molecule has 0 aliphatic carbocycles. The number of furan rings is 1. The SMILES string of the molecule is CC(=O)N1CCCc2cc(NC(=O)Cc3csc(NC(=O)c4ccoc4C)n3)ccc21. The van der Waals surface area contributed by atoms with Crippen LogP contribution in [0.25, 0.3) is 0 Å². The first-order valence-electron chi connectivity index (χ1n) is 9.91. The molecule has 0 saturated heterocycles. The fourth-order valence-electron chi connectivity index (χ4n) is 3.60. The van der Waals surface area contributed by atoms with Crippen molar-refractivity contribution in [2.75, 3.05) is 22.1 Å². The Labute approximate surface area is 183 Å². The molecule has 0 spiro atoms. The maximum absolute atomic E-state index is 12.5. The van der Waals surface area contributed by atoms with Gasteiger partial charge in [0.15, 0.2) is 5.13 Å². The van der Waals surface area contributed by atoms with Crippen LogP contribution in [0.1, 0.15) is 40.7 Å². The van der Waals surface area contributed by atoms with Gasteiger partial charge in [-0.15, -0.1) is 11.3 Å². The molecule has 31 heavy (non-hydrogen) atoms. The van der Waals surface area contributed by atoms with Gasteiger partial charge < -0.3 is 14.6 Å². The number of amides is 3. The van der Waals surface area contributed by atoms with Gasteiger partial charge in [-0.25, -0.2) is 4.98 Å². The highest BCUT2D eigenvalue weighted by molar-refractivity contribution is 7.14. The van der Waals surface area contributed by atoms with Crippen LogP contribution in [-0.2, 0) is 22.4 Å². The van der Waals surface area contributed by atoms with Crippen LogP contribution in [0.15, 0.2) is 40.3 Å². The number of hydrogen-bond acceptors (Lipinski definition) is 6. The number of rotatable bonds is 5. The Morgan fingerprint density at radius 2 is 2.06 bits per heavy atom. The van der Waals surface area contributed by atoms with Gasteiger partial charge in [0.1, 0.15) is 5.76 Å². The Balaban J connectivity index is 1.37. The summed E-state index contributed by atoms with van der Waals surface area (Å²) in [7, 11) is 0. The van der Waals surface area contributed by atoms with E-state index in [4.69, 9.17) is 4.42 Å². The van der Waals surface area contributed by atoms with Crippen molar-refractivity contribution in [2.24, 2.45) is 0 Å². The molecule has 2 N–H and O–H groups in total. The first kappa shape index (κ1) is 20.8. The third kappa shape index (κ3) is 4.66. The molecule has 3 amide bonds. The van der Waals surface area contributed by atoms with Crippen LogP contribution in [0.3, 0.4) is 0 Å². The second-order valence-corrected chi connectivity index (χ2v) is 8.19. The summed E-state index contributed by atoms with van der Waals surface area (Å²) in [5.74, 6) is 0.0514. The van der Waals surface area contributed by atoms with Crippen LogP contribution in [0, 0.1) is 6.92 Å². The molecule has 160 valence electrons. The molecule has 3 heterocycles. The average molecular weight is 439 g/mol. The number of hydrogen-bond donors (Lipinski definition) is 2. The lowest BCUT2D eigenvalue weighted by atomic mass is 10.0. The molecule has 1 aliphatic rings. The lowest BCUT2D eigenvalue weighted by molar-refractivity contribution is -0.117. The third-order valence-electron chi connectivity index (χ3n) is 5.08. The number of fused-ring (bicyclic) bond motifs is 1. The highest BCUT2D eigenvalue weighted by atomic mass is 32.1. The van der Waals surface area contributed by atoms with Gasteiger partial charge in [-0.3, -0.25) is 19.7 Å². The van der Waals surface area contributed by atoms with Gasteiger partial charge in [-0.2, -0.15) is 0 Å². The number of thiazole rings is 1. The second kappa shape index (κ2) is 8.73. The minimum absolute atomic E-state index is 0.0205. The number of benzene rings is 1. The topological polar surface area (TPSA) is 105 Å². The van der Waals surface area contributed by atoms with E-state index in [1.807, 2.05) is 12.1 Å². The van der Waals surface area contributed by atoms with Crippen molar-refractivity contribution in [1.29, 1.82) is 0 Å². The van der Waals surface area contributed by atoms with E-state index >= 15 is 0 Å². The predicted octanol–water partition coefficient (Wildman–Crippen LogP) is 3.78. The fraction of sp³-hybridized carbons (Fsp3) is 0.273. The number of aromatic nitrogens is 1. The van der Waals surface area contributed by atoms with Gasteiger partial charge in [0, 0.05) is 30.2 Å². The van der Waals surface area contributed by atoms with Crippen molar-refractivity contribution in [3.63, 3.8) is 0 Å². The third-order valence-corrected chi connectivity index (χ3v) is 5.89. The van der Waals surface area contributed by atoms with Crippen molar-refractivity contribution in [3.05, 3.63) is 58.5 Å². The Hall–Kier alpha value is -3.46. The smallest absolute Gasteiger partial charge is 0.260 e. The van der Waals surface area contributed by atoms with Crippen LogP contribution in [-0.4, -0.2) is 29.3 Å². The number of carbonyl (C=O) groups is 3. The first-order valence-corrected chi connectivity index (χ1v) is 10.8. The molecule has 0 saturated carbocycles. The molecule has 0 fully saturated rings. The van der Waals surface area contributed by atoms with Crippen LogP contribution >= 0.6 is 11.3 Å². The molecule has 1 aromatic carbocycles. The van der Waals surface area contributed by atoms with Crippen LogP contribution in [0.4, 0.5) is 16.5 Å². The van der Waals surface area contributed by atoms with Gasteiger partial charge in [0.25, 0.3) is 5.91 Å². The van der Waals surface area contributed by atoms with E-state index in [-0.39, 0.29) is 24.1 Å².